The van der Waals surface area contributed by atoms with Crippen molar-refractivity contribution in [2.75, 3.05) is 7.11 Å². The number of benzene rings is 1. The number of hydrogen-bond donors (Lipinski definition) is 0. The SMILES string of the molecule is COc1cccc(/C=C/C(=O)N(Cc2ccco2)Cc2cccs2)c1. The maximum Gasteiger partial charge on any atom is 0.247 e. The molecule has 0 aliphatic carbocycles. The summed E-state index contributed by atoms with van der Waals surface area (Å²) in [5, 5.41) is 2.01. The molecular weight excluding hydrogens is 334 g/mol. The van der Waals surface area contributed by atoms with E-state index in [0.29, 0.717) is 13.1 Å². The van der Waals surface area contributed by atoms with Crippen molar-refractivity contribution in [3.8, 4) is 5.75 Å². The lowest BCUT2D eigenvalue weighted by Gasteiger charge is -2.19. The Kier molecular flexibility index (Phi) is 5.69. The second-order valence-electron chi connectivity index (χ2n) is 5.46. The monoisotopic (exact) mass is 353 g/mol. The van der Waals surface area contributed by atoms with Gasteiger partial charge in [-0.15, -0.1) is 11.3 Å². The van der Waals surface area contributed by atoms with Crippen LogP contribution in [0.3, 0.4) is 0 Å². The zero-order valence-corrected chi connectivity index (χ0v) is 14.7. The average Bonchev–Trinajstić information content (AvgIpc) is 3.33. The van der Waals surface area contributed by atoms with E-state index in [0.717, 1.165) is 22.0 Å². The van der Waals surface area contributed by atoms with Crippen LogP contribution in [-0.2, 0) is 17.9 Å². The molecule has 1 aromatic carbocycles. The minimum atomic E-state index is -0.0624. The molecule has 0 bridgehead atoms. The zero-order chi connectivity index (χ0) is 17.5. The van der Waals surface area contributed by atoms with E-state index in [1.165, 1.54) is 0 Å². The molecule has 128 valence electrons. The van der Waals surface area contributed by atoms with Crippen molar-refractivity contribution in [1.82, 2.24) is 4.90 Å². The van der Waals surface area contributed by atoms with Crippen molar-refractivity contribution in [2.24, 2.45) is 0 Å². The van der Waals surface area contributed by atoms with Crippen LogP contribution >= 0.6 is 11.3 Å². The first-order valence-corrected chi connectivity index (χ1v) is 8.78. The molecule has 1 amide bonds. The first-order valence-electron chi connectivity index (χ1n) is 7.90. The van der Waals surface area contributed by atoms with Crippen LogP contribution in [0.25, 0.3) is 6.08 Å². The molecule has 0 aliphatic rings. The number of furan rings is 1. The standard InChI is InChI=1S/C20H19NO3S/c1-23-17-6-2-5-16(13-17)9-10-20(22)21(14-18-7-3-11-24-18)15-19-8-4-12-25-19/h2-13H,14-15H2,1H3/b10-9+. The Morgan fingerprint density at radius 1 is 1.20 bits per heavy atom. The van der Waals surface area contributed by atoms with Gasteiger partial charge in [-0.3, -0.25) is 4.79 Å². The van der Waals surface area contributed by atoms with E-state index >= 15 is 0 Å². The summed E-state index contributed by atoms with van der Waals surface area (Å²) in [7, 11) is 1.63. The first-order chi connectivity index (χ1) is 12.2. The third kappa shape index (κ3) is 4.84. The smallest absolute Gasteiger partial charge is 0.247 e. The highest BCUT2D eigenvalue weighted by Gasteiger charge is 2.14. The highest BCUT2D eigenvalue weighted by atomic mass is 32.1. The Labute approximate surface area is 151 Å². The van der Waals surface area contributed by atoms with Gasteiger partial charge in [-0.05, 0) is 47.4 Å². The molecule has 3 rings (SSSR count). The lowest BCUT2D eigenvalue weighted by atomic mass is 10.2. The number of thiophene rings is 1. The molecule has 0 saturated heterocycles. The fourth-order valence-corrected chi connectivity index (χ4v) is 3.13. The molecule has 0 atom stereocenters. The number of rotatable bonds is 7. The van der Waals surface area contributed by atoms with Crippen LogP contribution in [0.5, 0.6) is 5.75 Å². The van der Waals surface area contributed by atoms with Gasteiger partial charge in [0.2, 0.25) is 5.91 Å². The van der Waals surface area contributed by atoms with Gasteiger partial charge in [-0.2, -0.15) is 0 Å². The van der Waals surface area contributed by atoms with Gasteiger partial charge in [0.05, 0.1) is 26.5 Å². The molecule has 0 spiro atoms. The Morgan fingerprint density at radius 3 is 2.84 bits per heavy atom. The fourth-order valence-electron chi connectivity index (χ4n) is 2.41. The predicted molar refractivity (Wildman–Crippen MR) is 99.3 cm³/mol. The van der Waals surface area contributed by atoms with Crippen LogP contribution in [0.4, 0.5) is 0 Å². The Morgan fingerprint density at radius 2 is 2.12 bits per heavy atom. The predicted octanol–water partition coefficient (Wildman–Crippen LogP) is 4.59. The summed E-state index contributed by atoms with van der Waals surface area (Å²) in [6.45, 7) is 0.992. The number of methoxy groups -OCH3 is 1. The molecule has 3 aromatic rings. The third-order valence-corrected chi connectivity index (χ3v) is 4.54. The van der Waals surface area contributed by atoms with Crippen molar-refractivity contribution >= 4 is 23.3 Å². The van der Waals surface area contributed by atoms with Crippen molar-refractivity contribution in [3.63, 3.8) is 0 Å². The molecule has 0 unspecified atom stereocenters. The number of carbonyl (C=O) groups excluding carboxylic acids is 1. The fraction of sp³-hybridized carbons (Fsp3) is 0.150. The van der Waals surface area contributed by atoms with Gasteiger partial charge < -0.3 is 14.1 Å². The minimum Gasteiger partial charge on any atom is -0.497 e. The number of amides is 1. The summed E-state index contributed by atoms with van der Waals surface area (Å²) in [5.74, 6) is 1.47. The van der Waals surface area contributed by atoms with E-state index in [2.05, 4.69) is 0 Å². The maximum absolute atomic E-state index is 12.7. The highest BCUT2D eigenvalue weighted by Crippen LogP contribution is 2.17. The average molecular weight is 353 g/mol. The molecule has 0 fully saturated rings. The summed E-state index contributed by atoms with van der Waals surface area (Å²) >= 11 is 1.64. The Balaban J connectivity index is 1.74. The molecule has 0 saturated carbocycles. The molecule has 25 heavy (non-hydrogen) atoms. The number of nitrogens with zero attached hydrogens (tertiary/aromatic N) is 1. The number of carbonyl (C=O) groups is 1. The maximum atomic E-state index is 12.7. The van der Waals surface area contributed by atoms with Gasteiger partial charge in [-0.25, -0.2) is 0 Å². The van der Waals surface area contributed by atoms with Crippen LogP contribution in [0.2, 0.25) is 0 Å². The molecule has 4 nitrogen and oxygen atoms in total. The molecule has 2 heterocycles. The van der Waals surface area contributed by atoms with Gasteiger partial charge in [0.1, 0.15) is 11.5 Å². The van der Waals surface area contributed by atoms with Crippen molar-refractivity contribution in [2.45, 2.75) is 13.1 Å². The summed E-state index contributed by atoms with van der Waals surface area (Å²) in [4.78, 5) is 15.6. The summed E-state index contributed by atoms with van der Waals surface area (Å²) < 4.78 is 10.6. The molecule has 2 aromatic heterocycles. The van der Waals surface area contributed by atoms with Crippen LogP contribution in [0, 0.1) is 0 Å². The molecule has 5 heteroatoms. The minimum absolute atomic E-state index is 0.0624. The summed E-state index contributed by atoms with van der Waals surface area (Å²) in [6.07, 6.45) is 5.01. The van der Waals surface area contributed by atoms with Crippen LogP contribution in [0.1, 0.15) is 16.2 Å². The van der Waals surface area contributed by atoms with Gasteiger partial charge in [0.15, 0.2) is 0 Å². The molecule has 0 radical (unpaired) electrons. The zero-order valence-electron chi connectivity index (χ0n) is 13.9. The number of ether oxygens (including phenoxy) is 1. The van der Waals surface area contributed by atoms with Gasteiger partial charge in [0.25, 0.3) is 0 Å². The molecular formula is C20H19NO3S. The van der Waals surface area contributed by atoms with E-state index in [1.54, 1.807) is 41.8 Å². The van der Waals surface area contributed by atoms with Crippen LogP contribution in [-0.4, -0.2) is 17.9 Å². The van der Waals surface area contributed by atoms with Crippen molar-refractivity contribution in [3.05, 3.63) is 82.5 Å². The van der Waals surface area contributed by atoms with E-state index in [-0.39, 0.29) is 5.91 Å². The number of hydrogen-bond acceptors (Lipinski definition) is 4. The highest BCUT2D eigenvalue weighted by molar-refractivity contribution is 7.09. The summed E-state index contributed by atoms with van der Waals surface area (Å²) in [5.41, 5.74) is 0.918. The first kappa shape index (κ1) is 17.0. The third-order valence-electron chi connectivity index (χ3n) is 3.68. The van der Waals surface area contributed by atoms with E-state index < -0.39 is 0 Å². The normalized spacial score (nSPS) is 10.9. The van der Waals surface area contributed by atoms with Crippen molar-refractivity contribution in [1.29, 1.82) is 0 Å². The van der Waals surface area contributed by atoms with Crippen LogP contribution < -0.4 is 4.74 Å². The summed E-state index contributed by atoms with van der Waals surface area (Å²) in [6, 6.07) is 15.3. The molecule has 0 aliphatic heterocycles. The Hall–Kier alpha value is -2.79. The van der Waals surface area contributed by atoms with Gasteiger partial charge in [-0.1, -0.05) is 18.2 Å². The second kappa shape index (κ2) is 8.35. The largest absolute Gasteiger partial charge is 0.497 e. The quantitative estimate of drug-likeness (QED) is 0.583. The van der Waals surface area contributed by atoms with Crippen molar-refractivity contribution < 1.29 is 13.9 Å². The Bertz CT molecular complexity index is 786. The topological polar surface area (TPSA) is 42.7 Å². The van der Waals surface area contributed by atoms with Gasteiger partial charge in [0, 0.05) is 11.0 Å². The van der Waals surface area contributed by atoms with Crippen LogP contribution in [0.15, 0.2) is 70.7 Å². The lowest BCUT2D eigenvalue weighted by molar-refractivity contribution is -0.127. The lowest BCUT2D eigenvalue weighted by Crippen LogP contribution is -2.27. The second-order valence-corrected chi connectivity index (χ2v) is 6.50. The van der Waals surface area contributed by atoms with E-state index in [4.69, 9.17) is 9.15 Å². The molecule has 0 N–H and O–H groups in total. The van der Waals surface area contributed by atoms with E-state index in [9.17, 15) is 4.79 Å². The van der Waals surface area contributed by atoms with Gasteiger partial charge >= 0.3 is 0 Å². The van der Waals surface area contributed by atoms with E-state index in [1.807, 2.05) is 53.9 Å².